The fourth-order valence-corrected chi connectivity index (χ4v) is 2.34. The molecule has 0 bridgehead atoms. The molecule has 3 rings (SSSR count). The van der Waals surface area contributed by atoms with Crippen LogP contribution in [0, 0.1) is 5.82 Å². The summed E-state index contributed by atoms with van der Waals surface area (Å²) in [6.45, 7) is 0. The molecule has 0 atom stereocenters. The Labute approximate surface area is 118 Å². The maximum Gasteiger partial charge on any atom is 0.151 e. The van der Waals surface area contributed by atoms with E-state index in [9.17, 15) is 4.39 Å². The van der Waals surface area contributed by atoms with Crippen LogP contribution in [-0.2, 0) is 0 Å². The number of fused-ring (bicyclic) bond motifs is 1. The molecule has 96 valence electrons. The molecule has 3 nitrogen and oxygen atoms in total. The predicted octanol–water partition coefficient (Wildman–Crippen LogP) is 4.26. The first kappa shape index (κ1) is 12.3. The number of nitrogens with zero attached hydrogens (tertiary/aromatic N) is 1. The first-order valence-electron chi connectivity index (χ1n) is 5.46. The SMILES string of the molecule is Nc1c(Cl)ccc(Cl)c1-c1nc2c(F)cccc2[nH]1. The zero-order chi connectivity index (χ0) is 13.6. The average molecular weight is 296 g/mol. The number of para-hydroxylation sites is 1. The Morgan fingerprint density at radius 1 is 1.11 bits per heavy atom. The Bertz CT molecular complexity index is 783. The summed E-state index contributed by atoms with van der Waals surface area (Å²) >= 11 is 12.1. The molecule has 3 aromatic rings. The lowest BCUT2D eigenvalue weighted by Gasteiger charge is -2.06. The second-order valence-electron chi connectivity index (χ2n) is 4.04. The van der Waals surface area contributed by atoms with Gasteiger partial charge in [-0.25, -0.2) is 9.37 Å². The molecule has 0 aliphatic heterocycles. The maximum atomic E-state index is 13.6. The van der Waals surface area contributed by atoms with Crippen LogP contribution in [-0.4, -0.2) is 9.97 Å². The van der Waals surface area contributed by atoms with Gasteiger partial charge in [0.15, 0.2) is 5.82 Å². The van der Waals surface area contributed by atoms with Crippen molar-refractivity contribution in [2.75, 3.05) is 5.73 Å². The molecule has 3 N–H and O–H groups in total. The van der Waals surface area contributed by atoms with Gasteiger partial charge >= 0.3 is 0 Å². The molecule has 0 spiro atoms. The highest BCUT2D eigenvalue weighted by Crippen LogP contribution is 2.37. The molecule has 0 unspecified atom stereocenters. The molecule has 6 heteroatoms. The van der Waals surface area contributed by atoms with Gasteiger partial charge in [0.25, 0.3) is 0 Å². The second-order valence-corrected chi connectivity index (χ2v) is 4.85. The van der Waals surface area contributed by atoms with E-state index >= 15 is 0 Å². The van der Waals surface area contributed by atoms with E-state index < -0.39 is 5.82 Å². The van der Waals surface area contributed by atoms with Gasteiger partial charge < -0.3 is 10.7 Å². The van der Waals surface area contributed by atoms with Gasteiger partial charge in [-0.3, -0.25) is 0 Å². The molecule has 0 saturated carbocycles. The number of aromatic nitrogens is 2. The summed E-state index contributed by atoms with van der Waals surface area (Å²) in [4.78, 5) is 7.18. The molecule has 0 saturated heterocycles. The molecule has 0 fully saturated rings. The summed E-state index contributed by atoms with van der Waals surface area (Å²) in [6, 6.07) is 7.90. The van der Waals surface area contributed by atoms with Crippen molar-refractivity contribution in [3.05, 3.63) is 46.2 Å². The van der Waals surface area contributed by atoms with Crippen LogP contribution in [0.3, 0.4) is 0 Å². The zero-order valence-electron chi connectivity index (χ0n) is 9.55. The number of aromatic amines is 1. The number of H-pyrrole nitrogens is 1. The van der Waals surface area contributed by atoms with Crippen molar-refractivity contribution in [1.82, 2.24) is 9.97 Å². The monoisotopic (exact) mass is 295 g/mol. The van der Waals surface area contributed by atoms with Gasteiger partial charge in [-0.05, 0) is 24.3 Å². The largest absolute Gasteiger partial charge is 0.397 e. The highest BCUT2D eigenvalue weighted by molar-refractivity contribution is 6.37. The van der Waals surface area contributed by atoms with Crippen LogP contribution in [0.1, 0.15) is 0 Å². The van der Waals surface area contributed by atoms with Gasteiger partial charge in [-0.2, -0.15) is 0 Å². The number of hydrogen-bond acceptors (Lipinski definition) is 2. The van der Waals surface area contributed by atoms with Gasteiger partial charge in [0.1, 0.15) is 11.3 Å². The van der Waals surface area contributed by atoms with E-state index in [4.69, 9.17) is 28.9 Å². The number of hydrogen-bond donors (Lipinski definition) is 2. The summed E-state index contributed by atoms with van der Waals surface area (Å²) in [5.41, 5.74) is 7.51. The van der Waals surface area contributed by atoms with Gasteiger partial charge in [0.2, 0.25) is 0 Å². The minimum Gasteiger partial charge on any atom is -0.397 e. The molecular weight excluding hydrogens is 288 g/mol. The van der Waals surface area contributed by atoms with Crippen molar-refractivity contribution in [3.63, 3.8) is 0 Å². The first-order valence-corrected chi connectivity index (χ1v) is 6.21. The van der Waals surface area contributed by atoms with E-state index in [2.05, 4.69) is 9.97 Å². The Balaban J connectivity index is 2.31. The Morgan fingerprint density at radius 2 is 1.84 bits per heavy atom. The van der Waals surface area contributed by atoms with Gasteiger partial charge in [-0.15, -0.1) is 0 Å². The quantitative estimate of drug-likeness (QED) is 0.659. The van der Waals surface area contributed by atoms with E-state index in [1.165, 1.54) is 6.07 Å². The van der Waals surface area contributed by atoms with Gasteiger partial charge in [-0.1, -0.05) is 29.3 Å². The van der Waals surface area contributed by atoms with Crippen molar-refractivity contribution in [3.8, 4) is 11.4 Å². The summed E-state index contributed by atoms with van der Waals surface area (Å²) in [5.74, 6) is -0.0122. The van der Waals surface area contributed by atoms with E-state index in [-0.39, 0.29) is 5.52 Å². The van der Waals surface area contributed by atoms with Crippen LogP contribution < -0.4 is 5.73 Å². The lowest BCUT2D eigenvalue weighted by molar-refractivity contribution is 0.637. The summed E-state index contributed by atoms with van der Waals surface area (Å²) < 4.78 is 13.6. The number of halogens is 3. The number of rotatable bonds is 1. The number of nitrogens with one attached hydrogen (secondary N) is 1. The van der Waals surface area contributed by atoms with Crippen LogP contribution in [0.5, 0.6) is 0 Å². The van der Waals surface area contributed by atoms with Crippen molar-refractivity contribution in [2.24, 2.45) is 0 Å². The zero-order valence-corrected chi connectivity index (χ0v) is 11.1. The molecule has 19 heavy (non-hydrogen) atoms. The highest BCUT2D eigenvalue weighted by Gasteiger charge is 2.15. The first-order chi connectivity index (χ1) is 9.08. The summed E-state index contributed by atoms with van der Waals surface area (Å²) in [6.07, 6.45) is 0. The van der Waals surface area contributed by atoms with E-state index in [1.807, 2.05) is 0 Å². The summed E-state index contributed by atoms with van der Waals surface area (Å²) in [7, 11) is 0. The van der Waals surface area contributed by atoms with Crippen LogP contribution in [0.15, 0.2) is 30.3 Å². The minimum atomic E-state index is -0.406. The number of imidazole rings is 1. The molecule has 1 aromatic heterocycles. The Morgan fingerprint density at radius 3 is 2.58 bits per heavy atom. The number of nitrogen functional groups attached to an aromatic ring is 1. The molecule has 1 heterocycles. The minimum absolute atomic E-state index is 0.243. The van der Waals surface area contributed by atoms with E-state index in [0.717, 1.165) is 0 Å². The standard InChI is InChI=1S/C13H8Cl2FN3/c14-6-4-5-7(15)11(17)10(6)13-18-9-3-1-2-8(16)12(9)19-13/h1-5H,17H2,(H,18,19). The van der Waals surface area contributed by atoms with Crippen LogP contribution in [0.4, 0.5) is 10.1 Å². The fraction of sp³-hybridized carbons (Fsp3) is 0. The van der Waals surface area contributed by atoms with Crippen molar-refractivity contribution in [1.29, 1.82) is 0 Å². The molecule has 0 radical (unpaired) electrons. The van der Waals surface area contributed by atoms with Crippen LogP contribution >= 0.6 is 23.2 Å². The van der Waals surface area contributed by atoms with Crippen LogP contribution in [0.2, 0.25) is 10.0 Å². The van der Waals surface area contributed by atoms with Crippen molar-refractivity contribution in [2.45, 2.75) is 0 Å². The molecule has 0 aliphatic carbocycles. The molecular formula is C13H8Cl2FN3. The van der Waals surface area contributed by atoms with Crippen molar-refractivity contribution < 1.29 is 4.39 Å². The Hall–Kier alpha value is -1.78. The average Bonchev–Trinajstić information content (AvgIpc) is 2.80. The smallest absolute Gasteiger partial charge is 0.151 e. The summed E-state index contributed by atoms with van der Waals surface area (Å²) in [5, 5.41) is 0.779. The number of benzene rings is 2. The number of anilines is 1. The molecule has 0 amide bonds. The fourth-order valence-electron chi connectivity index (χ4n) is 1.92. The lowest BCUT2D eigenvalue weighted by atomic mass is 10.1. The predicted molar refractivity (Wildman–Crippen MR) is 75.9 cm³/mol. The van der Waals surface area contributed by atoms with Gasteiger partial charge in [0, 0.05) is 0 Å². The topological polar surface area (TPSA) is 54.7 Å². The lowest BCUT2D eigenvalue weighted by Crippen LogP contribution is -1.93. The molecule has 0 aliphatic rings. The number of nitrogens with two attached hydrogens (primary N) is 1. The third kappa shape index (κ3) is 1.93. The Kier molecular flexibility index (Phi) is 2.84. The van der Waals surface area contributed by atoms with E-state index in [1.54, 1.807) is 24.3 Å². The third-order valence-corrected chi connectivity index (χ3v) is 3.49. The van der Waals surface area contributed by atoms with Crippen LogP contribution in [0.25, 0.3) is 22.4 Å². The molecule has 2 aromatic carbocycles. The second kappa shape index (κ2) is 4.40. The van der Waals surface area contributed by atoms with Gasteiger partial charge in [0.05, 0.1) is 26.8 Å². The normalized spacial score (nSPS) is 11.1. The highest BCUT2D eigenvalue weighted by atomic mass is 35.5. The van der Waals surface area contributed by atoms with E-state index in [0.29, 0.717) is 32.6 Å². The third-order valence-electron chi connectivity index (χ3n) is 2.84. The maximum absolute atomic E-state index is 13.6. The van der Waals surface area contributed by atoms with Crippen molar-refractivity contribution >= 4 is 39.9 Å².